The summed E-state index contributed by atoms with van der Waals surface area (Å²) in [6.45, 7) is 2.42. The van der Waals surface area contributed by atoms with Gasteiger partial charge in [-0.25, -0.2) is 0 Å². The molecule has 21 heavy (non-hydrogen) atoms. The molecule has 1 aliphatic heterocycles. The summed E-state index contributed by atoms with van der Waals surface area (Å²) in [6.07, 6.45) is 2.25. The van der Waals surface area contributed by atoms with Gasteiger partial charge in [-0.05, 0) is 25.0 Å². The van der Waals surface area contributed by atoms with Crippen molar-refractivity contribution in [2.24, 2.45) is 0 Å². The number of rotatable bonds is 5. The van der Waals surface area contributed by atoms with E-state index in [9.17, 15) is 4.79 Å². The van der Waals surface area contributed by atoms with Gasteiger partial charge in [-0.2, -0.15) is 0 Å². The quantitative estimate of drug-likeness (QED) is 0.809. The Hall–Kier alpha value is -1.27. The van der Waals surface area contributed by atoms with Crippen molar-refractivity contribution < 1.29 is 19.2 Å². The fourth-order valence-corrected chi connectivity index (χ4v) is 2.87. The molecule has 0 spiro atoms. The van der Waals surface area contributed by atoms with Crippen molar-refractivity contribution in [1.82, 2.24) is 5.32 Å². The Bertz CT molecular complexity index is 546. The molecule has 0 aromatic heterocycles. The third-order valence-corrected chi connectivity index (χ3v) is 4.35. The number of likely N-dealkylation sites (N-methyl/N-ethyl adjacent to an activating group) is 1. The van der Waals surface area contributed by atoms with Crippen LogP contribution in [0.2, 0.25) is 0 Å². The average Bonchev–Trinajstić information content (AvgIpc) is 3.23. The molecule has 6 heteroatoms. The molecule has 2 aliphatic rings. The van der Waals surface area contributed by atoms with Crippen LogP contribution < -0.4 is 19.7 Å². The summed E-state index contributed by atoms with van der Waals surface area (Å²) < 4.78 is 12.2. The Morgan fingerprint density at radius 3 is 2.67 bits per heavy atom. The lowest BCUT2D eigenvalue weighted by atomic mass is 10.2. The highest BCUT2D eigenvalue weighted by Crippen LogP contribution is 2.35. The lowest BCUT2D eigenvalue weighted by Crippen LogP contribution is -3.09. The van der Waals surface area contributed by atoms with E-state index in [1.807, 2.05) is 19.2 Å². The predicted molar refractivity (Wildman–Crippen MR) is 81.8 cm³/mol. The van der Waals surface area contributed by atoms with Crippen molar-refractivity contribution in [3.63, 3.8) is 0 Å². The maximum absolute atomic E-state index is 11.8. The molecule has 1 atom stereocenters. The van der Waals surface area contributed by atoms with Gasteiger partial charge >= 0.3 is 0 Å². The van der Waals surface area contributed by atoms with Gasteiger partial charge in [-0.3, -0.25) is 4.79 Å². The second kappa shape index (κ2) is 6.23. The first-order valence-electron chi connectivity index (χ1n) is 7.30. The van der Waals surface area contributed by atoms with Crippen molar-refractivity contribution >= 4 is 21.8 Å². The minimum Gasteiger partial charge on any atom is -0.486 e. The Labute approximate surface area is 132 Å². The van der Waals surface area contributed by atoms with Crippen molar-refractivity contribution in [3.05, 3.63) is 22.2 Å². The fourth-order valence-electron chi connectivity index (χ4n) is 2.41. The molecule has 2 N–H and O–H groups in total. The number of halogens is 1. The number of hydrogen-bond acceptors (Lipinski definition) is 3. The van der Waals surface area contributed by atoms with Crippen molar-refractivity contribution in [1.29, 1.82) is 0 Å². The normalized spacial score (nSPS) is 18.2. The molecular formula is C15H20BrN2O3+. The fraction of sp³-hybridized carbons (Fsp3) is 0.533. The lowest BCUT2D eigenvalue weighted by Gasteiger charge is -2.21. The van der Waals surface area contributed by atoms with Crippen LogP contribution in [0.25, 0.3) is 0 Å². The van der Waals surface area contributed by atoms with E-state index in [4.69, 9.17) is 9.47 Å². The molecule has 1 fully saturated rings. The molecule has 0 bridgehead atoms. The van der Waals surface area contributed by atoms with Crippen LogP contribution in [0.1, 0.15) is 18.4 Å². The van der Waals surface area contributed by atoms with E-state index in [1.165, 1.54) is 0 Å². The maximum Gasteiger partial charge on any atom is 0.275 e. The minimum absolute atomic E-state index is 0.128. The van der Waals surface area contributed by atoms with E-state index < -0.39 is 0 Å². The molecule has 114 valence electrons. The summed E-state index contributed by atoms with van der Waals surface area (Å²) >= 11 is 3.57. The lowest BCUT2D eigenvalue weighted by molar-refractivity contribution is -0.885. The second-order valence-corrected chi connectivity index (χ2v) is 6.59. The summed E-state index contributed by atoms with van der Waals surface area (Å²) in [5, 5.41) is 3.02. The number of fused-ring (bicyclic) bond motifs is 1. The number of hydrogen-bond donors (Lipinski definition) is 2. The van der Waals surface area contributed by atoms with Gasteiger partial charge in [0.05, 0.1) is 7.05 Å². The van der Waals surface area contributed by atoms with Crippen LogP contribution in [-0.4, -0.2) is 38.8 Å². The van der Waals surface area contributed by atoms with Crippen LogP contribution in [0.3, 0.4) is 0 Å². The molecule has 1 unspecified atom stereocenters. The summed E-state index contributed by atoms with van der Waals surface area (Å²) in [4.78, 5) is 13.0. The number of amides is 1. The highest BCUT2D eigenvalue weighted by Gasteiger charge is 2.25. The van der Waals surface area contributed by atoms with E-state index in [-0.39, 0.29) is 5.91 Å². The highest BCUT2D eigenvalue weighted by atomic mass is 79.9. The predicted octanol–water partition coefficient (Wildman–Crippen LogP) is 0.514. The molecule has 1 aromatic carbocycles. The van der Waals surface area contributed by atoms with Crippen LogP contribution in [0.15, 0.2) is 16.6 Å². The van der Waals surface area contributed by atoms with Crippen LogP contribution >= 0.6 is 15.9 Å². The highest BCUT2D eigenvalue weighted by molar-refractivity contribution is 9.10. The second-order valence-electron chi connectivity index (χ2n) is 5.74. The molecular weight excluding hydrogens is 336 g/mol. The maximum atomic E-state index is 11.8. The van der Waals surface area contributed by atoms with Gasteiger partial charge in [0.2, 0.25) is 0 Å². The van der Waals surface area contributed by atoms with Gasteiger partial charge in [0.25, 0.3) is 5.91 Å². The number of benzene rings is 1. The Morgan fingerprint density at radius 1 is 1.33 bits per heavy atom. The average molecular weight is 356 g/mol. The van der Waals surface area contributed by atoms with Gasteiger partial charge in [-0.15, -0.1) is 0 Å². The number of carbonyl (C=O) groups excluding carboxylic acids is 1. The number of nitrogens with one attached hydrogen (secondary N) is 2. The standard InChI is InChI=1S/C15H19BrN2O3/c1-18(9-15(19)17-11-2-3-11)8-10-6-13-14(7-12(10)16)21-5-4-20-13/h6-7,11H,2-5,8-9H2,1H3,(H,17,19)/p+1. The number of carbonyl (C=O) groups is 1. The zero-order valence-corrected chi connectivity index (χ0v) is 13.7. The van der Waals surface area contributed by atoms with E-state index in [0.29, 0.717) is 25.8 Å². The number of quaternary nitrogens is 1. The third kappa shape index (κ3) is 3.89. The van der Waals surface area contributed by atoms with Crippen molar-refractivity contribution in [3.8, 4) is 11.5 Å². The van der Waals surface area contributed by atoms with Crippen molar-refractivity contribution in [2.75, 3.05) is 26.8 Å². The third-order valence-electron chi connectivity index (χ3n) is 3.61. The van der Waals surface area contributed by atoms with Gasteiger partial charge in [-0.1, -0.05) is 15.9 Å². The van der Waals surface area contributed by atoms with Crippen LogP contribution in [0.5, 0.6) is 11.5 Å². The van der Waals surface area contributed by atoms with E-state index in [2.05, 4.69) is 21.2 Å². The SMILES string of the molecule is C[NH+](CC(=O)NC1CC1)Cc1cc2c(cc1Br)OCCO2. The minimum atomic E-state index is 0.128. The largest absolute Gasteiger partial charge is 0.486 e. The zero-order chi connectivity index (χ0) is 14.8. The monoisotopic (exact) mass is 355 g/mol. The summed E-state index contributed by atoms with van der Waals surface area (Å²) in [6, 6.07) is 4.37. The number of ether oxygens (including phenoxy) is 2. The zero-order valence-electron chi connectivity index (χ0n) is 12.1. The summed E-state index contributed by atoms with van der Waals surface area (Å²) in [5.41, 5.74) is 1.12. The van der Waals surface area contributed by atoms with E-state index >= 15 is 0 Å². The van der Waals surface area contributed by atoms with Gasteiger partial charge < -0.3 is 19.7 Å². The first kappa shape index (κ1) is 14.7. The van der Waals surface area contributed by atoms with Crippen molar-refractivity contribution in [2.45, 2.75) is 25.4 Å². The molecule has 1 aromatic rings. The first-order valence-corrected chi connectivity index (χ1v) is 8.10. The molecule has 1 saturated carbocycles. The Kier molecular flexibility index (Phi) is 4.35. The molecule has 1 amide bonds. The van der Waals surface area contributed by atoms with Crippen LogP contribution in [-0.2, 0) is 11.3 Å². The summed E-state index contributed by atoms with van der Waals surface area (Å²) in [7, 11) is 2.02. The van der Waals surface area contributed by atoms with E-state index in [1.54, 1.807) is 0 Å². The Balaban J connectivity index is 1.61. The van der Waals surface area contributed by atoms with Crippen LogP contribution in [0.4, 0.5) is 0 Å². The van der Waals surface area contributed by atoms with E-state index in [0.717, 1.165) is 45.8 Å². The van der Waals surface area contributed by atoms with Crippen LogP contribution in [0, 0.1) is 0 Å². The Morgan fingerprint density at radius 2 is 2.00 bits per heavy atom. The molecule has 0 saturated heterocycles. The molecule has 3 rings (SSSR count). The first-order chi connectivity index (χ1) is 10.1. The summed E-state index contributed by atoms with van der Waals surface area (Å²) in [5.74, 6) is 1.69. The molecule has 1 aliphatic carbocycles. The molecule has 5 nitrogen and oxygen atoms in total. The van der Waals surface area contributed by atoms with Gasteiger partial charge in [0, 0.05) is 16.1 Å². The topological polar surface area (TPSA) is 52.0 Å². The molecule has 0 radical (unpaired) electrons. The van der Waals surface area contributed by atoms with Gasteiger partial charge in [0.1, 0.15) is 19.8 Å². The molecule has 1 heterocycles. The smallest absolute Gasteiger partial charge is 0.275 e. The van der Waals surface area contributed by atoms with Gasteiger partial charge in [0.15, 0.2) is 18.0 Å².